The lowest BCUT2D eigenvalue weighted by Gasteiger charge is -2.36. The number of nitrogens with zero attached hydrogens (tertiary/aromatic N) is 3. The maximum Gasteiger partial charge on any atom is 0.408 e. The van der Waals surface area contributed by atoms with Gasteiger partial charge >= 0.3 is 6.09 Å². The van der Waals surface area contributed by atoms with Crippen LogP contribution in [-0.4, -0.2) is 88.2 Å². The van der Waals surface area contributed by atoms with E-state index < -0.39 is 79.7 Å². The van der Waals surface area contributed by atoms with Crippen LogP contribution in [0.5, 0.6) is 5.88 Å². The number of ether oxygens (including phenoxy) is 2. The second kappa shape index (κ2) is 13.6. The number of nitrogens with one attached hydrogen (secondary N) is 3. The van der Waals surface area contributed by atoms with Crippen LogP contribution in [0.25, 0.3) is 11.3 Å². The molecule has 2 aromatic rings. The highest BCUT2D eigenvalue weighted by Gasteiger charge is 2.62. The summed E-state index contributed by atoms with van der Waals surface area (Å²) in [6.45, 7) is 14.1. The Morgan fingerprint density at radius 2 is 1.74 bits per heavy atom. The fraction of sp³-hybridized carbons (Fsp3) is 0.543. The lowest BCUT2D eigenvalue weighted by molar-refractivity contribution is -0.143. The van der Waals surface area contributed by atoms with Crippen molar-refractivity contribution in [3.63, 3.8) is 0 Å². The summed E-state index contributed by atoms with van der Waals surface area (Å²) in [6, 6.07) is 8.83. The van der Waals surface area contributed by atoms with Gasteiger partial charge in [0.2, 0.25) is 27.7 Å². The lowest BCUT2D eigenvalue weighted by atomic mass is 9.85. The summed E-state index contributed by atoms with van der Waals surface area (Å²) >= 11 is 0. The maximum atomic E-state index is 14.4. The van der Waals surface area contributed by atoms with Crippen LogP contribution in [0.2, 0.25) is 0 Å². The third-order valence-corrected chi connectivity index (χ3v) is 10.7. The van der Waals surface area contributed by atoms with E-state index in [1.54, 1.807) is 47.6 Å². The molecule has 1 aromatic carbocycles. The summed E-state index contributed by atoms with van der Waals surface area (Å²) in [5, 5.41) is 4.81. The van der Waals surface area contributed by atoms with Gasteiger partial charge in [-0.3, -0.25) is 19.1 Å². The second-order valence-corrected chi connectivity index (χ2v) is 17.2. The summed E-state index contributed by atoms with van der Waals surface area (Å²) in [4.78, 5) is 64.7. The Morgan fingerprint density at radius 1 is 1.06 bits per heavy atom. The predicted octanol–water partition coefficient (Wildman–Crippen LogP) is 3.10. The fourth-order valence-corrected chi connectivity index (χ4v) is 7.34. The van der Waals surface area contributed by atoms with Gasteiger partial charge in [0.25, 0.3) is 5.91 Å². The number of rotatable bonds is 11. The largest absolute Gasteiger partial charge is 0.472 e. The molecule has 5 rings (SSSR count). The van der Waals surface area contributed by atoms with E-state index in [0.717, 1.165) is 5.56 Å². The molecule has 0 bridgehead atoms. The summed E-state index contributed by atoms with van der Waals surface area (Å²) < 4.78 is 39.1. The van der Waals surface area contributed by atoms with Gasteiger partial charge in [-0.15, -0.1) is 6.58 Å². The first-order valence-electron chi connectivity index (χ1n) is 16.7. The molecule has 270 valence electrons. The molecule has 1 saturated heterocycles. The molecule has 1 aliphatic heterocycles. The Bertz CT molecular complexity index is 1750. The Labute approximate surface area is 292 Å². The molecule has 50 heavy (non-hydrogen) atoms. The molecular formula is C35H46N6O8S. The Morgan fingerprint density at radius 3 is 2.32 bits per heavy atom. The molecule has 2 heterocycles. The number of benzene rings is 1. The zero-order chi connectivity index (χ0) is 36.6. The van der Waals surface area contributed by atoms with Crippen LogP contribution in [0, 0.1) is 11.3 Å². The topological polar surface area (TPSA) is 186 Å². The third-order valence-electron chi connectivity index (χ3n) is 8.87. The number of sulfonamides is 1. The van der Waals surface area contributed by atoms with Crippen LogP contribution < -0.4 is 20.1 Å². The van der Waals surface area contributed by atoms with Crippen LogP contribution >= 0.6 is 0 Å². The van der Waals surface area contributed by atoms with Gasteiger partial charge in [-0.2, -0.15) is 0 Å². The summed E-state index contributed by atoms with van der Waals surface area (Å²) in [6.07, 6.45) is 2.41. The van der Waals surface area contributed by atoms with E-state index in [0.29, 0.717) is 18.5 Å². The van der Waals surface area contributed by atoms with Crippen molar-refractivity contribution >= 4 is 33.8 Å². The summed E-state index contributed by atoms with van der Waals surface area (Å²) in [5.41, 5.74) is -1.73. The molecule has 14 nitrogen and oxygen atoms in total. The number of alkyl carbamates (subject to hydrolysis) is 1. The number of carbonyl (C=O) groups is 4. The van der Waals surface area contributed by atoms with E-state index in [1.807, 2.05) is 30.3 Å². The molecule has 4 amide bonds. The first-order valence-corrected chi connectivity index (χ1v) is 18.2. The summed E-state index contributed by atoms with van der Waals surface area (Å²) in [5.74, 6) is -2.38. The lowest BCUT2D eigenvalue weighted by Crippen LogP contribution is -2.60. The Balaban J connectivity index is 1.42. The van der Waals surface area contributed by atoms with Crippen LogP contribution in [0.1, 0.15) is 67.2 Å². The second-order valence-electron chi connectivity index (χ2n) is 15.2. The average Bonchev–Trinajstić information content (AvgIpc) is 3.96. The number of hydrogen-bond acceptors (Lipinski definition) is 10. The molecule has 3 aliphatic rings. The average molecular weight is 711 g/mol. The minimum Gasteiger partial charge on any atom is -0.472 e. The highest BCUT2D eigenvalue weighted by Crippen LogP contribution is 2.45. The van der Waals surface area contributed by atoms with Crippen molar-refractivity contribution in [3.8, 4) is 17.1 Å². The van der Waals surface area contributed by atoms with E-state index >= 15 is 0 Å². The smallest absolute Gasteiger partial charge is 0.408 e. The monoisotopic (exact) mass is 710 g/mol. The van der Waals surface area contributed by atoms with Crippen molar-refractivity contribution < 1.29 is 37.1 Å². The van der Waals surface area contributed by atoms with Gasteiger partial charge in [0, 0.05) is 24.0 Å². The fourth-order valence-electron chi connectivity index (χ4n) is 5.98. The molecule has 0 radical (unpaired) electrons. The zero-order valence-electron chi connectivity index (χ0n) is 29.3. The van der Waals surface area contributed by atoms with Crippen LogP contribution in [0.15, 0.2) is 55.4 Å². The van der Waals surface area contributed by atoms with Crippen LogP contribution in [-0.2, 0) is 29.1 Å². The molecule has 2 aliphatic carbocycles. The predicted molar refractivity (Wildman–Crippen MR) is 184 cm³/mol. The summed E-state index contributed by atoms with van der Waals surface area (Å²) in [7, 11) is -3.89. The van der Waals surface area contributed by atoms with E-state index in [-0.39, 0.29) is 25.3 Å². The van der Waals surface area contributed by atoms with E-state index in [1.165, 1.54) is 17.3 Å². The van der Waals surface area contributed by atoms with E-state index in [9.17, 15) is 27.6 Å². The van der Waals surface area contributed by atoms with Gasteiger partial charge in [-0.1, -0.05) is 57.2 Å². The van der Waals surface area contributed by atoms with E-state index in [2.05, 4.69) is 31.9 Å². The van der Waals surface area contributed by atoms with Crippen molar-refractivity contribution in [2.45, 2.75) is 102 Å². The zero-order valence-corrected chi connectivity index (χ0v) is 30.1. The first-order chi connectivity index (χ1) is 23.3. The van der Waals surface area contributed by atoms with Crippen molar-refractivity contribution in [2.24, 2.45) is 11.3 Å². The molecule has 3 N–H and O–H groups in total. The number of amides is 4. The first kappa shape index (κ1) is 36.7. The van der Waals surface area contributed by atoms with Crippen molar-refractivity contribution in [3.05, 3.63) is 55.4 Å². The Kier molecular flexibility index (Phi) is 10.0. The van der Waals surface area contributed by atoms with Gasteiger partial charge < -0.3 is 25.0 Å². The molecule has 0 unspecified atom stereocenters. The molecule has 2 saturated carbocycles. The quantitative estimate of drug-likeness (QED) is 0.293. The molecule has 5 atom stereocenters. The van der Waals surface area contributed by atoms with E-state index in [4.69, 9.17) is 9.47 Å². The molecule has 1 aromatic heterocycles. The minimum atomic E-state index is -3.89. The third kappa shape index (κ3) is 8.42. The number of carbonyl (C=O) groups excluding carboxylic acids is 4. The van der Waals surface area contributed by atoms with Crippen LogP contribution in [0.3, 0.4) is 0 Å². The molecule has 0 spiro atoms. The number of likely N-dealkylation sites (tertiary alicyclic amines) is 1. The number of aromatic nitrogens is 2. The minimum absolute atomic E-state index is 0.0162. The van der Waals surface area contributed by atoms with Crippen molar-refractivity contribution in [1.29, 1.82) is 0 Å². The standard InChI is InChI=1S/C35H46N6O8S/c1-8-22-18-35(22,31(44)40-50(46,47)24-14-15-24)39-29(42)26-16-23(48-27-17-25(36-20-37-27)21-12-10-9-11-13-21)19-41(26)30(43)28(33(2,3)4)38-32(45)49-34(5,6)7/h8-13,17,20,22-24,26,28H,1,14-16,18-19H2,2-7H3,(H,38,45)(H,39,42)(H,40,44)/t22-,23-,26+,28-,35-/m1/s1. The van der Waals surface area contributed by atoms with Crippen LogP contribution in [0.4, 0.5) is 4.79 Å². The van der Waals surface area contributed by atoms with Gasteiger partial charge in [-0.05, 0) is 45.4 Å². The normalized spacial score (nSPS) is 24.0. The van der Waals surface area contributed by atoms with Gasteiger partial charge in [0.1, 0.15) is 35.7 Å². The molecule has 3 fully saturated rings. The highest BCUT2D eigenvalue weighted by molar-refractivity contribution is 7.91. The molecular weight excluding hydrogens is 664 g/mol. The molecule has 15 heteroatoms. The maximum absolute atomic E-state index is 14.4. The van der Waals surface area contributed by atoms with Gasteiger partial charge in [0.05, 0.1) is 17.5 Å². The van der Waals surface area contributed by atoms with Gasteiger partial charge in [-0.25, -0.2) is 23.2 Å². The van der Waals surface area contributed by atoms with Crippen molar-refractivity contribution in [2.75, 3.05) is 6.54 Å². The Hall–Kier alpha value is -4.53. The van der Waals surface area contributed by atoms with Gasteiger partial charge in [0.15, 0.2) is 0 Å². The van der Waals surface area contributed by atoms with Crippen molar-refractivity contribution in [1.82, 2.24) is 30.2 Å². The highest BCUT2D eigenvalue weighted by atomic mass is 32.2. The SMILES string of the molecule is C=C[C@@H]1C[C@]1(NC(=O)[C@@H]1C[C@@H](Oc2cc(-c3ccccc3)ncn2)CN1C(=O)[C@@H](NC(=O)OC(C)(C)C)C(C)(C)C)C(=O)NS(=O)(=O)C1CC1. The number of hydrogen-bond donors (Lipinski definition) is 3.